The maximum atomic E-state index is 12.3. The molecule has 7 nitrogen and oxygen atoms in total. The number of hydrogen-bond donors (Lipinski definition) is 4. The summed E-state index contributed by atoms with van der Waals surface area (Å²) in [6, 6.07) is 13.7. The van der Waals surface area contributed by atoms with Gasteiger partial charge in [0.05, 0.1) is 6.54 Å². The standard InChI is InChI=1S/C22H28N4O3/c1-5-23-20(28)15-9-11-17(12-10-15)25-19(27)14-24-18-8-6-7-16(13-18)21(29)26-22(2,3)4/h6-13,24H,5,14H2,1-4H3,(H,23,28)(H,25,27)(H,26,29). The van der Waals surface area contributed by atoms with Crippen LogP contribution in [0.5, 0.6) is 0 Å². The van der Waals surface area contributed by atoms with Crippen LogP contribution in [0.15, 0.2) is 48.5 Å². The van der Waals surface area contributed by atoms with E-state index in [1.165, 1.54) is 0 Å². The van der Waals surface area contributed by atoms with Crippen LogP contribution >= 0.6 is 0 Å². The van der Waals surface area contributed by atoms with E-state index in [2.05, 4.69) is 21.3 Å². The van der Waals surface area contributed by atoms with Crippen molar-refractivity contribution in [2.75, 3.05) is 23.7 Å². The minimum atomic E-state index is -0.326. The van der Waals surface area contributed by atoms with Gasteiger partial charge >= 0.3 is 0 Å². The summed E-state index contributed by atoms with van der Waals surface area (Å²) in [5.41, 5.74) is 2.00. The Morgan fingerprint density at radius 3 is 2.17 bits per heavy atom. The lowest BCUT2D eigenvalue weighted by Crippen LogP contribution is -2.40. The van der Waals surface area contributed by atoms with E-state index in [1.807, 2.05) is 27.7 Å². The first-order valence-electron chi connectivity index (χ1n) is 9.52. The lowest BCUT2D eigenvalue weighted by Gasteiger charge is -2.20. The summed E-state index contributed by atoms with van der Waals surface area (Å²) < 4.78 is 0. The number of anilines is 2. The monoisotopic (exact) mass is 396 g/mol. The molecule has 0 aliphatic carbocycles. The van der Waals surface area contributed by atoms with E-state index < -0.39 is 0 Å². The van der Waals surface area contributed by atoms with Gasteiger partial charge in [0.25, 0.3) is 11.8 Å². The van der Waals surface area contributed by atoms with Crippen LogP contribution in [0.1, 0.15) is 48.4 Å². The average Bonchev–Trinajstić information content (AvgIpc) is 2.66. The van der Waals surface area contributed by atoms with Crippen molar-refractivity contribution in [3.63, 3.8) is 0 Å². The third-order valence-electron chi connectivity index (χ3n) is 3.83. The summed E-state index contributed by atoms with van der Waals surface area (Å²) in [5, 5.41) is 11.4. The Balaban J connectivity index is 1.90. The van der Waals surface area contributed by atoms with E-state index in [9.17, 15) is 14.4 Å². The highest BCUT2D eigenvalue weighted by atomic mass is 16.2. The quantitative estimate of drug-likeness (QED) is 0.578. The Labute approximate surface area is 171 Å². The normalized spacial score (nSPS) is 10.8. The Hall–Kier alpha value is -3.35. The van der Waals surface area contributed by atoms with Gasteiger partial charge in [-0.1, -0.05) is 6.07 Å². The molecule has 2 aromatic rings. The van der Waals surface area contributed by atoms with E-state index in [1.54, 1.807) is 48.5 Å². The Morgan fingerprint density at radius 1 is 0.862 bits per heavy atom. The van der Waals surface area contributed by atoms with Crippen molar-refractivity contribution >= 4 is 29.1 Å². The molecule has 7 heteroatoms. The molecule has 0 bridgehead atoms. The number of carbonyl (C=O) groups is 3. The highest BCUT2D eigenvalue weighted by Crippen LogP contribution is 2.13. The van der Waals surface area contributed by atoms with Gasteiger partial charge in [0.15, 0.2) is 0 Å². The SMILES string of the molecule is CCNC(=O)c1ccc(NC(=O)CNc2cccc(C(=O)NC(C)(C)C)c2)cc1. The van der Waals surface area contributed by atoms with Crippen LogP contribution in [0.25, 0.3) is 0 Å². The molecule has 154 valence electrons. The molecular formula is C22H28N4O3. The topological polar surface area (TPSA) is 99.3 Å². The predicted octanol–water partition coefficient (Wildman–Crippen LogP) is 3.02. The molecule has 0 unspecified atom stereocenters. The Bertz CT molecular complexity index is 870. The highest BCUT2D eigenvalue weighted by molar-refractivity contribution is 5.97. The van der Waals surface area contributed by atoms with Gasteiger partial charge in [-0.2, -0.15) is 0 Å². The number of nitrogens with one attached hydrogen (secondary N) is 4. The zero-order valence-electron chi connectivity index (χ0n) is 17.3. The second-order valence-corrected chi connectivity index (χ2v) is 7.62. The lowest BCUT2D eigenvalue weighted by molar-refractivity contribution is -0.114. The minimum Gasteiger partial charge on any atom is -0.376 e. The molecular weight excluding hydrogens is 368 g/mol. The molecule has 0 saturated carbocycles. The largest absolute Gasteiger partial charge is 0.376 e. The van der Waals surface area contributed by atoms with Gasteiger partial charge in [-0.3, -0.25) is 14.4 Å². The summed E-state index contributed by atoms with van der Waals surface area (Å²) in [5.74, 6) is -0.555. The number of carbonyl (C=O) groups excluding carboxylic acids is 3. The molecule has 0 aliphatic rings. The second-order valence-electron chi connectivity index (χ2n) is 7.62. The lowest BCUT2D eigenvalue weighted by atomic mass is 10.1. The molecule has 0 fully saturated rings. The van der Waals surface area contributed by atoms with Crippen LogP contribution in [0.2, 0.25) is 0 Å². The third kappa shape index (κ3) is 7.29. The fourth-order valence-corrected chi connectivity index (χ4v) is 2.54. The van der Waals surface area contributed by atoms with Crippen molar-refractivity contribution in [1.82, 2.24) is 10.6 Å². The first kappa shape index (κ1) is 21.9. The molecule has 2 rings (SSSR count). The van der Waals surface area contributed by atoms with Crippen LogP contribution in [0.3, 0.4) is 0 Å². The van der Waals surface area contributed by atoms with Crippen LogP contribution in [-0.4, -0.2) is 36.3 Å². The first-order chi connectivity index (χ1) is 13.7. The number of benzene rings is 2. The summed E-state index contributed by atoms with van der Waals surface area (Å²) in [4.78, 5) is 36.2. The van der Waals surface area contributed by atoms with E-state index >= 15 is 0 Å². The molecule has 0 saturated heterocycles. The van der Waals surface area contributed by atoms with Gasteiger partial charge in [-0.25, -0.2) is 0 Å². The molecule has 0 aliphatic heterocycles. The molecule has 0 spiro atoms. The van der Waals surface area contributed by atoms with Gasteiger partial charge in [0, 0.05) is 34.6 Å². The van der Waals surface area contributed by atoms with Crippen molar-refractivity contribution in [1.29, 1.82) is 0 Å². The van der Waals surface area contributed by atoms with Crippen molar-refractivity contribution in [2.24, 2.45) is 0 Å². The van der Waals surface area contributed by atoms with Gasteiger partial charge in [-0.15, -0.1) is 0 Å². The highest BCUT2D eigenvalue weighted by Gasteiger charge is 2.15. The predicted molar refractivity (Wildman–Crippen MR) is 115 cm³/mol. The maximum Gasteiger partial charge on any atom is 0.251 e. The number of hydrogen-bond acceptors (Lipinski definition) is 4. The summed E-state index contributed by atoms with van der Waals surface area (Å²) in [6.45, 7) is 8.21. The molecule has 3 amide bonds. The molecule has 0 heterocycles. The fraction of sp³-hybridized carbons (Fsp3) is 0.318. The van der Waals surface area contributed by atoms with E-state index in [-0.39, 0.29) is 29.8 Å². The van der Waals surface area contributed by atoms with E-state index in [0.29, 0.717) is 29.0 Å². The number of amides is 3. The van der Waals surface area contributed by atoms with E-state index in [0.717, 1.165) is 0 Å². The average molecular weight is 396 g/mol. The fourth-order valence-electron chi connectivity index (χ4n) is 2.54. The van der Waals surface area contributed by atoms with Crippen molar-refractivity contribution in [3.8, 4) is 0 Å². The van der Waals surface area contributed by atoms with Crippen LogP contribution < -0.4 is 21.3 Å². The molecule has 0 radical (unpaired) electrons. The van der Waals surface area contributed by atoms with Crippen molar-refractivity contribution < 1.29 is 14.4 Å². The van der Waals surface area contributed by atoms with Crippen molar-refractivity contribution in [2.45, 2.75) is 33.2 Å². The van der Waals surface area contributed by atoms with E-state index in [4.69, 9.17) is 0 Å². The van der Waals surface area contributed by atoms with Crippen LogP contribution in [0.4, 0.5) is 11.4 Å². The number of rotatable bonds is 7. The third-order valence-corrected chi connectivity index (χ3v) is 3.83. The molecule has 2 aromatic carbocycles. The van der Waals surface area contributed by atoms with Crippen LogP contribution in [0, 0.1) is 0 Å². The Morgan fingerprint density at radius 2 is 1.55 bits per heavy atom. The molecule has 29 heavy (non-hydrogen) atoms. The second kappa shape index (κ2) is 9.73. The Kier molecular flexibility index (Phi) is 7.36. The minimum absolute atomic E-state index is 0.0441. The smallest absolute Gasteiger partial charge is 0.251 e. The van der Waals surface area contributed by atoms with Gasteiger partial charge in [-0.05, 0) is 70.2 Å². The van der Waals surface area contributed by atoms with Gasteiger partial charge in [0.2, 0.25) is 5.91 Å². The summed E-state index contributed by atoms with van der Waals surface area (Å²) in [6.07, 6.45) is 0. The summed E-state index contributed by atoms with van der Waals surface area (Å²) >= 11 is 0. The maximum absolute atomic E-state index is 12.3. The first-order valence-corrected chi connectivity index (χ1v) is 9.52. The molecule has 4 N–H and O–H groups in total. The van der Waals surface area contributed by atoms with Crippen LogP contribution in [-0.2, 0) is 4.79 Å². The van der Waals surface area contributed by atoms with Gasteiger partial charge in [0.1, 0.15) is 0 Å². The van der Waals surface area contributed by atoms with Crippen molar-refractivity contribution in [3.05, 3.63) is 59.7 Å². The molecule has 0 aromatic heterocycles. The summed E-state index contributed by atoms with van der Waals surface area (Å²) in [7, 11) is 0. The molecule has 0 atom stereocenters. The van der Waals surface area contributed by atoms with Gasteiger partial charge < -0.3 is 21.3 Å². The zero-order valence-corrected chi connectivity index (χ0v) is 17.3. The zero-order chi connectivity index (χ0) is 21.4.